The quantitative estimate of drug-likeness (QED) is 0.242. The number of para-hydroxylation sites is 1. The highest BCUT2D eigenvalue weighted by atomic mass is 16.5. The lowest BCUT2D eigenvalue weighted by Gasteiger charge is -2.11. The summed E-state index contributed by atoms with van der Waals surface area (Å²) < 4.78 is 5.43. The molecule has 0 aliphatic rings. The summed E-state index contributed by atoms with van der Waals surface area (Å²) in [4.78, 5) is 24.1. The van der Waals surface area contributed by atoms with E-state index in [1.54, 1.807) is 24.3 Å². The van der Waals surface area contributed by atoms with Gasteiger partial charge in [0.2, 0.25) is 11.8 Å². The number of rotatable bonds is 10. The summed E-state index contributed by atoms with van der Waals surface area (Å²) in [7, 11) is 0. The van der Waals surface area contributed by atoms with Crippen molar-refractivity contribution in [3.8, 4) is 11.5 Å². The second-order valence-corrected chi connectivity index (χ2v) is 6.48. The van der Waals surface area contributed by atoms with Crippen LogP contribution in [0.5, 0.6) is 11.5 Å². The monoisotopic (exact) mass is 409 g/mol. The van der Waals surface area contributed by atoms with Crippen LogP contribution in [0.4, 0.5) is 5.69 Å². The molecular formula is C23H27N3O4. The van der Waals surface area contributed by atoms with Crippen molar-refractivity contribution in [1.82, 2.24) is 5.43 Å². The molecular weight excluding hydrogens is 382 g/mol. The molecule has 0 fully saturated rings. The first-order valence-corrected chi connectivity index (χ1v) is 9.77. The van der Waals surface area contributed by atoms with Crippen molar-refractivity contribution in [2.75, 3.05) is 11.9 Å². The normalized spacial score (nSPS) is 10.6. The van der Waals surface area contributed by atoms with E-state index in [0.29, 0.717) is 35.6 Å². The molecule has 0 aliphatic carbocycles. The van der Waals surface area contributed by atoms with Gasteiger partial charge >= 0.3 is 0 Å². The van der Waals surface area contributed by atoms with Crippen LogP contribution >= 0.6 is 0 Å². The summed E-state index contributed by atoms with van der Waals surface area (Å²) in [5, 5.41) is 16.9. The van der Waals surface area contributed by atoms with Crippen LogP contribution in [-0.2, 0) is 22.4 Å². The Morgan fingerprint density at radius 3 is 2.63 bits per heavy atom. The largest absolute Gasteiger partial charge is 0.504 e. The van der Waals surface area contributed by atoms with Gasteiger partial charge in [-0.05, 0) is 49.1 Å². The number of aryl methyl sites for hydroxylation is 1. The molecule has 0 unspecified atom stereocenters. The number of aromatic hydroxyl groups is 1. The minimum Gasteiger partial charge on any atom is -0.504 e. The van der Waals surface area contributed by atoms with E-state index in [1.807, 2.05) is 32.0 Å². The number of allylic oxidation sites excluding steroid dienone is 1. The van der Waals surface area contributed by atoms with E-state index < -0.39 is 11.8 Å². The van der Waals surface area contributed by atoms with E-state index >= 15 is 0 Å². The van der Waals surface area contributed by atoms with Gasteiger partial charge in [0.1, 0.15) is 6.42 Å². The first-order chi connectivity index (χ1) is 14.5. The predicted octanol–water partition coefficient (Wildman–Crippen LogP) is 3.56. The lowest BCUT2D eigenvalue weighted by molar-refractivity contribution is -0.126. The smallest absolute Gasteiger partial charge is 0.249 e. The molecule has 7 heteroatoms. The third-order valence-electron chi connectivity index (χ3n) is 4.24. The molecule has 0 bridgehead atoms. The Morgan fingerprint density at radius 2 is 1.93 bits per heavy atom. The molecule has 0 atom stereocenters. The molecule has 0 heterocycles. The van der Waals surface area contributed by atoms with E-state index in [4.69, 9.17) is 4.74 Å². The van der Waals surface area contributed by atoms with Crippen molar-refractivity contribution in [2.24, 2.45) is 5.10 Å². The molecule has 3 N–H and O–H groups in total. The van der Waals surface area contributed by atoms with E-state index in [-0.39, 0.29) is 12.2 Å². The molecule has 30 heavy (non-hydrogen) atoms. The summed E-state index contributed by atoms with van der Waals surface area (Å²) in [5.74, 6) is -0.562. The molecule has 2 aromatic rings. The zero-order valence-corrected chi connectivity index (χ0v) is 17.3. The average molecular weight is 409 g/mol. The number of ether oxygens (including phenoxy) is 1. The molecule has 2 aromatic carbocycles. The maximum absolute atomic E-state index is 12.1. The van der Waals surface area contributed by atoms with Gasteiger partial charge in [-0.2, -0.15) is 5.10 Å². The van der Waals surface area contributed by atoms with Gasteiger partial charge in [-0.1, -0.05) is 31.2 Å². The number of phenolic OH excluding ortho intramolecular Hbond substituents is 1. The SMILES string of the molecule is C=CCc1cc(C=NNC(=O)CC(=O)Nc2ccccc2CC)cc(OCC)c1O. The Balaban J connectivity index is 1.98. The summed E-state index contributed by atoms with van der Waals surface area (Å²) in [6.45, 7) is 7.88. The Labute approximate surface area is 176 Å². The van der Waals surface area contributed by atoms with Crippen molar-refractivity contribution in [1.29, 1.82) is 0 Å². The zero-order valence-electron chi connectivity index (χ0n) is 17.3. The topological polar surface area (TPSA) is 100 Å². The summed E-state index contributed by atoms with van der Waals surface area (Å²) in [6, 6.07) is 10.8. The molecule has 2 amide bonds. The van der Waals surface area contributed by atoms with Crippen molar-refractivity contribution < 1.29 is 19.4 Å². The molecule has 0 spiro atoms. The second-order valence-electron chi connectivity index (χ2n) is 6.48. The fourth-order valence-electron chi connectivity index (χ4n) is 2.85. The van der Waals surface area contributed by atoms with Gasteiger partial charge in [-0.25, -0.2) is 5.43 Å². The van der Waals surface area contributed by atoms with Gasteiger partial charge in [0.05, 0.1) is 12.8 Å². The van der Waals surface area contributed by atoms with Crippen LogP contribution in [-0.4, -0.2) is 29.7 Å². The van der Waals surface area contributed by atoms with Gasteiger partial charge in [0.15, 0.2) is 11.5 Å². The predicted molar refractivity (Wildman–Crippen MR) is 118 cm³/mol. The lowest BCUT2D eigenvalue weighted by atomic mass is 10.1. The lowest BCUT2D eigenvalue weighted by Crippen LogP contribution is -2.25. The highest BCUT2D eigenvalue weighted by Gasteiger charge is 2.12. The fourth-order valence-corrected chi connectivity index (χ4v) is 2.85. The van der Waals surface area contributed by atoms with Crippen LogP contribution in [0.3, 0.4) is 0 Å². The van der Waals surface area contributed by atoms with Crippen LogP contribution in [0, 0.1) is 0 Å². The zero-order chi connectivity index (χ0) is 21.9. The molecule has 0 aliphatic heterocycles. The van der Waals surface area contributed by atoms with Crippen LogP contribution in [0.2, 0.25) is 0 Å². The van der Waals surface area contributed by atoms with Gasteiger partial charge in [0.25, 0.3) is 0 Å². The molecule has 158 valence electrons. The Hall–Kier alpha value is -3.61. The average Bonchev–Trinajstić information content (AvgIpc) is 2.72. The van der Waals surface area contributed by atoms with Gasteiger partial charge in [0, 0.05) is 11.3 Å². The number of hydrogen-bond donors (Lipinski definition) is 3. The number of nitrogens with one attached hydrogen (secondary N) is 2. The number of nitrogens with zero attached hydrogens (tertiary/aromatic N) is 1. The number of benzene rings is 2. The number of carbonyl (C=O) groups excluding carboxylic acids is 2. The van der Waals surface area contributed by atoms with Crippen molar-refractivity contribution in [2.45, 2.75) is 33.1 Å². The molecule has 0 saturated carbocycles. The first kappa shape index (κ1) is 22.7. The number of carbonyl (C=O) groups is 2. The summed E-state index contributed by atoms with van der Waals surface area (Å²) in [6.07, 6.45) is 3.98. The second kappa shape index (κ2) is 11.4. The molecule has 2 rings (SSSR count). The third-order valence-corrected chi connectivity index (χ3v) is 4.24. The summed E-state index contributed by atoms with van der Waals surface area (Å²) >= 11 is 0. The number of anilines is 1. The number of amides is 2. The van der Waals surface area contributed by atoms with E-state index in [2.05, 4.69) is 22.4 Å². The van der Waals surface area contributed by atoms with Crippen LogP contribution in [0.25, 0.3) is 0 Å². The van der Waals surface area contributed by atoms with Crippen LogP contribution < -0.4 is 15.5 Å². The van der Waals surface area contributed by atoms with Crippen molar-refractivity contribution in [3.63, 3.8) is 0 Å². The van der Waals surface area contributed by atoms with Gasteiger partial charge in [-0.15, -0.1) is 6.58 Å². The third kappa shape index (κ3) is 6.48. The standard InChI is InChI=1S/C23H27N3O4/c1-4-9-18-12-16(13-20(23(18)29)30-6-3)15-24-26-22(28)14-21(27)25-19-11-8-7-10-17(19)5-2/h4,7-8,10-13,15,29H,1,5-6,9,14H2,2-3H3,(H,25,27)(H,26,28). The van der Waals surface area contributed by atoms with Gasteiger partial charge < -0.3 is 15.2 Å². The number of hydrogen-bond acceptors (Lipinski definition) is 5. The number of phenols is 1. The Morgan fingerprint density at radius 1 is 1.17 bits per heavy atom. The minimum atomic E-state index is -0.534. The fraction of sp³-hybridized carbons (Fsp3) is 0.261. The molecule has 0 radical (unpaired) electrons. The summed E-state index contributed by atoms with van der Waals surface area (Å²) in [5.41, 5.74) is 5.31. The minimum absolute atomic E-state index is 0.0574. The van der Waals surface area contributed by atoms with E-state index in [1.165, 1.54) is 6.21 Å². The van der Waals surface area contributed by atoms with Crippen LogP contribution in [0.1, 0.15) is 37.0 Å². The maximum Gasteiger partial charge on any atom is 0.249 e. The molecule has 0 saturated heterocycles. The van der Waals surface area contributed by atoms with Gasteiger partial charge in [-0.3, -0.25) is 9.59 Å². The molecule has 0 aromatic heterocycles. The number of hydrazone groups is 1. The Bertz CT molecular complexity index is 938. The van der Waals surface area contributed by atoms with E-state index in [0.717, 1.165) is 12.0 Å². The first-order valence-electron chi connectivity index (χ1n) is 9.77. The highest BCUT2D eigenvalue weighted by molar-refractivity contribution is 6.04. The highest BCUT2D eigenvalue weighted by Crippen LogP contribution is 2.31. The maximum atomic E-state index is 12.1. The van der Waals surface area contributed by atoms with E-state index in [9.17, 15) is 14.7 Å². The van der Waals surface area contributed by atoms with Crippen LogP contribution in [0.15, 0.2) is 54.2 Å². The molecule has 7 nitrogen and oxygen atoms in total. The van der Waals surface area contributed by atoms with Crippen molar-refractivity contribution in [3.05, 3.63) is 65.7 Å². The Kier molecular flexibility index (Phi) is 8.62. The van der Waals surface area contributed by atoms with Crippen molar-refractivity contribution >= 4 is 23.7 Å².